The van der Waals surface area contributed by atoms with Gasteiger partial charge in [-0.25, -0.2) is 0 Å². The van der Waals surface area contributed by atoms with Crippen molar-refractivity contribution in [1.29, 1.82) is 0 Å². The van der Waals surface area contributed by atoms with Crippen molar-refractivity contribution in [2.24, 2.45) is 0 Å². The molecule has 1 fully saturated rings. The molecule has 21 heavy (non-hydrogen) atoms. The lowest BCUT2D eigenvalue weighted by molar-refractivity contribution is -0.130. The van der Waals surface area contributed by atoms with E-state index in [4.69, 9.17) is 9.47 Å². The smallest absolute Gasteiger partial charge is 0.244 e. The minimum atomic E-state index is -0.250. The van der Waals surface area contributed by atoms with E-state index in [9.17, 15) is 4.79 Å². The van der Waals surface area contributed by atoms with Gasteiger partial charge in [-0.1, -0.05) is 0 Å². The Hall–Kier alpha value is -1.91. The van der Waals surface area contributed by atoms with Crippen LogP contribution in [0.4, 0.5) is 5.69 Å². The molecule has 0 aliphatic carbocycles. The maximum absolute atomic E-state index is 12.3. The molecule has 1 aromatic rings. The molecule has 1 aliphatic rings. The number of carbonyl (C=O) groups excluding carboxylic acids is 1. The van der Waals surface area contributed by atoms with Crippen molar-refractivity contribution in [2.75, 3.05) is 32.6 Å². The molecule has 1 aromatic carbocycles. The van der Waals surface area contributed by atoms with Crippen LogP contribution in [0, 0.1) is 6.92 Å². The summed E-state index contributed by atoms with van der Waals surface area (Å²) in [7, 11) is 3.22. The van der Waals surface area contributed by atoms with Crippen LogP contribution in [0.15, 0.2) is 12.1 Å². The third kappa shape index (κ3) is 3.40. The number of nitrogens with zero attached hydrogens (tertiary/aromatic N) is 1. The van der Waals surface area contributed by atoms with Crippen LogP contribution in [0.5, 0.6) is 11.5 Å². The molecule has 0 bridgehead atoms. The monoisotopic (exact) mass is 292 g/mol. The number of hydrogen-bond donors (Lipinski definition) is 1. The lowest BCUT2D eigenvalue weighted by atomic mass is 10.1. The van der Waals surface area contributed by atoms with Crippen molar-refractivity contribution in [3.63, 3.8) is 0 Å². The Balaban J connectivity index is 2.12. The average molecular weight is 292 g/mol. The summed E-state index contributed by atoms with van der Waals surface area (Å²) in [4.78, 5) is 14.3. The number of carbonyl (C=O) groups is 1. The van der Waals surface area contributed by atoms with E-state index in [1.165, 1.54) is 0 Å². The minimum Gasteiger partial charge on any atom is -0.493 e. The van der Waals surface area contributed by atoms with Crippen LogP contribution < -0.4 is 14.8 Å². The number of amides is 1. The molecule has 0 unspecified atom stereocenters. The van der Waals surface area contributed by atoms with Gasteiger partial charge in [0, 0.05) is 24.8 Å². The predicted molar refractivity (Wildman–Crippen MR) is 83.2 cm³/mol. The highest BCUT2D eigenvalue weighted by Crippen LogP contribution is 2.33. The summed E-state index contributed by atoms with van der Waals surface area (Å²) in [6.45, 7) is 5.62. The lowest BCUT2D eigenvalue weighted by Crippen LogP contribution is -2.39. The zero-order chi connectivity index (χ0) is 15.4. The molecule has 1 heterocycles. The molecule has 0 radical (unpaired) electrons. The molecule has 5 nitrogen and oxygen atoms in total. The Labute approximate surface area is 126 Å². The van der Waals surface area contributed by atoms with Gasteiger partial charge in [-0.15, -0.1) is 0 Å². The number of benzene rings is 1. The van der Waals surface area contributed by atoms with E-state index in [1.807, 2.05) is 30.9 Å². The van der Waals surface area contributed by atoms with Gasteiger partial charge in [0.25, 0.3) is 0 Å². The van der Waals surface area contributed by atoms with Crippen molar-refractivity contribution < 1.29 is 14.3 Å². The second-order valence-corrected chi connectivity index (χ2v) is 5.42. The number of methoxy groups -OCH3 is 2. The molecule has 0 saturated carbocycles. The van der Waals surface area contributed by atoms with Crippen LogP contribution in [0.2, 0.25) is 0 Å². The van der Waals surface area contributed by atoms with E-state index in [0.29, 0.717) is 11.5 Å². The number of ether oxygens (including phenoxy) is 2. The molecule has 116 valence electrons. The van der Waals surface area contributed by atoms with Crippen LogP contribution in [0.1, 0.15) is 25.3 Å². The summed E-state index contributed by atoms with van der Waals surface area (Å²) in [5.74, 6) is 1.51. The van der Waals surface area contributed by atoms with Crippen LogP contribution in [-0.4, -0.2) is 44.2 Å². The van der Waals surface area contributed by atoms with E-state index in [-0.39, 0.29) is 11.9 Å². The molecule has 2 rings (SSSR count). The minimum absolute atomic E-state index is 0.154. The summed E-state index contributed by atoms with van der Waals surface area (Å²) >= 11 is 0. The van der Waals surface area contributed by atoms with E-state index < -0.39 is 0 Å². The summed E-state index contributed by atoms with van der Waals surface area (Å²) in [6, 6.07) is 3.54. The lowest BCUT2D eigenvalue weighted by Gasteiger charge is -2.23. The van der Waals surface area contributed by atoms with Crippen molar-refractivity contribution >= 4 is 11.6 Å². The first-order chi connectivity index (χ1) is 10.1. The van der Waals surface area contributed by atoms with Gasteiger partial charge in [-0.3, -0.25) is 4.79 Å². The Morgan fingerprint density at radius 3 is 2.33 bits per heavy atom. The second kappa shape index (κ2) is 6.70. The fraction of sp³-hybridized carbons (Fsp3) is 0.562. The first-order valence-electron chi connectivity index (χ1n) is 7.34. The normalized spacial score (nSPS) is 15.7. The van der Waals surface area contributed by atoms with Gasteiger partial charge in [-0.05, 0) is 38.3 Å². The number of aryl methyl sites for hydroxylation is 1. The maximum atomic E-state index is 12.3. The van der Waals surface area contributed by atoms with E-state index >= 15 is 0 Å². The van der Waals surface area contributed by atoms with Gasteiger partial charge in [0.15, 0.2) is 11.5 Å². The Bertz CT molecular complexity index is 510. The van der Waals surface area contributed by atoms with Gasteiger partial charge in [-0.2, -0.15) is 0 Å². The quantitative estimate of drug-likeness (QED) is 0.905. The molecule has 5 heteroatoms. The maximum Gasteiger partial charge on any atom is 0.244 e. The summed E-state index contributed by atoms with van der Waals surface area (Å²) in [5, 5.41) is 3.29. The Kier molecular flexibility index (Phi) is 4.94. The Morgan fingerprint density at radius 2 is 1.76 bits per heavy atom. The van der Waals surface area contributed by atoms with E-state index in [1.54, 1.807) is 14.2 Å². The number of hydrogen-bond acceptors (Lipinski definition) is 4. The summed E-state index contributed by atoms with van der Waals surface area (Å²) in [6.07, 6.45) is 2.21. The molecule has 1 aliphatic heterocycles. The summed E-state index contributed by atoms with van der Waals surface area (Å²) < 4.78 is 10.6. The van der Waals surface area contributed by atoms with Gasteiger partial charge >= 0.3 is 0 Å². The predicted octanol–water partition coefficient (Wildman–Crippen LogP) is 2.44. The highest BCUT2D eigenvalue weighted by atomic mass is 16.5. The number of likely N-dealkylation sites (tertiary alicyclic amines) is 1. The summed E-state index contributed by atoms with van der Waals surface area (Å²) in [5.41, 5.74) is 1.92. The first kappa shape index (κ1) is 15.5. The zero-order valence-electron chi connectivity index (χ0n) is 13.2. The zero-order valence-corrected chi connectivity index (χ0v) is 13.2. The molecule has 1 N–H and O–H groups in total. The Morgan fingerprint density at radius 1 is 1.19 bits per heavy atom. The highest BCUT2D eigenvalue weighted by molar-refractivity contribution is 5.85. The van der Waals surface area contributed by atoms with E-state index in [2.05, 4.69) is 5.32 Å². The largest absolute Gasteiger partial charge is 0.493 e. The topological polar surface area (TPSA) is 50.8 Å². The molecule has 1 saturated heterocycles. The average Bonchev–Trinajstić information content (AvgIpc) is 3.02. The molecule has 1 amide bonds. The number of nitrogens with one attached hydrogen (secondary N) is 1. The highest BCUT2D eigenvalue weighted by Gasteiger charge is 2.23. The van der Waals surface area contributed by atoms with Gasteiger partial charge in [0.05, 0.1) is 14.2 Å². The number of anilines is 1. The fourth-order valence-corrected chi connectivity index (χ4v) is 2.64. The standard InChI is InChI=1S/C16H24N2O3/c1-11-9-14(20-3)15(21-4)10-13(11)17-12(2)16(19)18-7-5-6-8-18/h9-10,12,17H,5-8H2,1-4H3/t12-/m1/s1. The van der Waals surface area contributed by atoms with Crippen molar-refractivity contribution in [2.45, 2.75) is 32.7 Å². The molecule has 0 aromatic heterocycles. The molecule has 1 atom stereocenters. The SMILES string of the molecule is COc1cc(C)c(N[C@H](C)C(=O)N2CCCC2)cc1OC. The number of rotatable bonds is 5. The van der Waals surface area contributed by atoms with Gasteiger partial charge in [0.2, 0.25) is 5.91 Å². The van der Waals surface area contributed by atoms with Crippen LogP contribution >= 0.6 is 0 Å². The molecular weight excluding hydrogens is 268 g/mol. The van der Waals surface area contributed by atoms with Crippen molar-refractivity contribution in [3.05, 3.63) is 17.7 Å². The third-order valence-corrected chi connectivity index (χ3v) is 3.89. The van der Waals surface area contributed by atoms with Crippen LogP contribution in [-0.2, 0) is 4.79 Å². The third-order valence-electron chi connectivity index (χ3n) is 3.89. The van der Waals surface area contributed by atoms with Crippen LogP contribution in [0.25, 0.3) is 0 Å². The van der Waals surface area contributed by atoms with Gasteiger partial charge in [0.1, 0.15) is 6.04 Å². The molecular formula is C16H24N2O3. The van der Waals surface area contributed by atoms with Crippen LogP contribution in [0.3, 0.4) is 0 Å². The van der Waals surface area contributed by atoms with Crippen molar-refractivity contribution in [1.82, 2.24) is 4.90 Å². The second-order valence-electron chi connectivity index (χ2n) is 5.42. The van der Waals surface area contributed by atoms with Crippen molar-refractivity contribution in [3.8, 4) is 11.5 Å². The van der Waals surface area contributed by atoms with E-state index in [0.717, 1.165) is 37.2 Å². The first-order valence-corrected chi connectivity index (χ1v) is 7.34. The molecule has 0 spiro atoms. The van der Waals surface area contributed by atoms with Gasteiger partial charge < -0.3 is 19.7 Å². The fourth-order valence-electron chi connectivity index (χ4n) is 2.64.